The van der Waals surface area contributed by atoms with Crippen molar-refractivity contribution < 1.29 is 4.39 Å². The molecular formula is C15H24FN. The predicted octanol–water partition coefficient (Wildman–Crippen LogP) is 4.28. The number of aryl methyl sites for hydroxylation is 2. The van der Waals surface area contributed by atoms with Gasteiger partial charge < -0.3 is 5.32 Å². The molecule has 0 bridgehead atoms. The van der Waals surface area contributed by atoms with E-state index < -0.39 is 0 Å². The Labute approximate surface area is 104 Å². The molecule has 0 radical (unpaired) electrons. The van der Waals surface area contributed by atoms with Crippen LogP contribution in [0, 0.1) is 19.7 Å². The minimum absolute atomic E-state index is 0.0699. The molecule has 0 amide bonds. The van der Waals surface area contributed by atoms with Gasteiger partial charge in [-0.2, -0.15) is 0 Å². The molecule has 0 fully saturated rings. The van der Waals surface area contributed by atoms with Crippen LogP contribution in [0.1, 0.15) is 55.8 Å². The molecule has 1 nitrogen and oxygen atoms in total. The Hall–Kier alpha value is -0.890. The van der Waals surface area contributed by atoms with Gasteiger partial charge in [-0.15, -0.1) is 0 Å². The highest BCUT2D eigenvalue weighted by molar-refractivity contribution is 5.32. The summed E-state index contributed by atoms with van der Waals surface area (Å²) < 4.78 is 13.6. The van der Waals surface area contributed by atoms with Gasteiger partial charge in [-0.1, -0.05) is 38.8 Å². The SMILES string of the molecule is CCCCC(NCC)c1cc(C)c(F)c(C)c1. The van der Waals surface area contributed by atoms with E-state index in [1.54, 1.807) is 0 Å². The third-order valence-electron chi connectivity index (χ3n) is 3.16. The molecule has 0 aliphatic carbocycles. The van der Waals surface area contributed by atoms with Gasteiger partial charge in [0.1, 0.15) is 5.82 Å². The first-order valence-corrected chi connectivity index (χ1v) is 6.60. The standard InChI is InChI=1S/C15H24FN/c1-5-7-8-14(17-6-2)13-9-11(3)15(16)12(4)10-13/h9-10,14,17H,5-8H2,1-4H3. The van der Waals surface area contributed by atoms with Crippen LogP contribution in [-0.2, 0) is 0 Å². The Balaban J connectivity index is 2.93. The van der Waals surface area contributed by atoms with Gasteiger partial charge in [-0.25, -0.2) is 4.39 Å². The molecule has 1 aromatic carbocycles. The lowest BCUT2D eigenvalue weighted by Crippen LogP contribution is -2.21. The third kappa shape index (κ3) is 3.81. The highest BCUT2D eigenvalue weighted by Crippen LogP contribution is 2.23. The Kier molecular flexibility index (Phi) is 5.63. The minimum atomic E-state index is -0.0699. The average Bonchev–Trinajstić information content (AvgIpc) is 2.31. The summed E-state index contributed by atoms with van der Waals surface area (Å²) in [6, 6.07) is 4.31. The summed E-state index contributed by atoms with van der Waals surface area (Å²) in [7, 11) is 0. The first kappa shape index (κ1) is 14.2. The molecule has 1 unspecified atom stereocenters. The summed E-state index contributed by atoms with van der Waals surface area (Å²) in [6.07, 6.45) is 3.52. The molecule has 1 atom stereocenters. The molecule has 0 heterocycles. The maximum atomic E-state index is 13.6. The van der Waals surface area contributed by atoms with E-state index in [0.717, 1.165) is 24.1 Å². The van der Waals surface area contributed by atoms with Crippen LogP contribution in [0.5, 0.6) is 0 Å². The fraction of sp³-hybridized carbons (Fsp3) is 0.600. The molecule has 96 valence electrons. The summed E-state index contributed by atoms with van der Waals surface area (Å²) in [4.78, 5) is 0. The zero-order valence-corrected chi connectivity index (χ0v) is 11.4. The van der Waals surface area contributed by atoms with Gasteiger partial charge in [0.2, 0.25) is 0 Å². The van der Waals surface area contributed by atoms with Gasteiger partial charge >= 0.3 is 0 Å². The average molecular weight is 237 g/mol. The first-order valence-electron chi connectivity index (χ1n) is 6.60. The Morgan fingerprint density at radius 1 is 1.18 bits per heavy atom. The fourth-order valence-electron chi connectivity index (χ4n) is 2.22. The van der Waals surface area contributed by atoms with E-state index in [2.05, 4.69) is 19.2 Å². The van der Waals surface area contributed by atoms with Crippen LogP contribution in [0.3, 0.4) is 0 Å². The van der Waals surface area contributed by atoms with Crippen molar-refractivity contribution >= 4 is 0 Å². The number of nitrogens with one attached hydrogen (secondary N) is 1. The van der Waals surface area contributed by atoms with Crippen LogP contribution < -0.4 is 5.32 Å². The highest BCUT2D eigenvalue weighted by Gasteiger charge is 2.12. The van der Waals surface area contributed by atoms with Crippen LogP contribution in [0.15, 0.2) is 12.1 Å². The fourth-order valence-corrected chi connectivity index (χ4v) is 2.22. The number of halogens is 1. The molecular weight excluding hydrogens is 213 g/mol. The number of benzene rings is 1. The molecule has 1 rings (SSSR count). The Morgan fingerprint density at radius 2 is 1.76 bits per heavy atom. The van der Waals surface area contributed by atoms with E-state index in [1.165, 1.54) is 18.4 Å². The van der Waals surface area contributed by atoms with Crippen LogP contribution >= 0.6 is 0 Å². The van der Waals surface area contributed by atoms with Crippen LogP contribution in [-0.4, -0.2) is 6.54 Å². The maximum absolute atomic E-state index is 13.6. The Bertz CT molecular complexity index is 337. The second-order valence-electron chi connectivity index (χ2n) is 4.72. The summed E-state index contributed by atoms with van der Waals surface area (Å²) in [5, 5.41) is 3.49. The normalized spacial score (nSPS) is 12.8. The summed E-state index contributed by atoms with van der Waals surface area (Å²) in [6.45, 7) is 8.94. The lowest BCUT2D eigenvalue weighted by Gasteiger charge is -2.19. The number of rotatable bonds is 6. The molecule has 0 saturated carbocycles. The van der Waals surface area contributed by atoms with Gasteiger partial charge in [0.15, 0.2) is 0 Å². The van der Waals surface area contributed by atoms with Gasteiger partial charge in [0, 0.05) is 6.04 Å². The van der Waals surface area contributed by atoms with Crippen molar-refractivity contribution in [1.29, 1.82) is 0 Å². The van der Waals surface area contributed by atoms with Crippen molar-refractivity contribution in [2.24, 2.45) is 0 Å². The van der Waals surface area contributed by atoms with Crippen molar-refractivity contribution in [3.05, 3.63) is 34.6 Å². The first-order chi connectivity index (χ1) is 8.10. The zero-order valence-electron chi connectivity index (χ0n) is 11.4. The summed E-state index contributed by atoms with van der Waals surface area (Å²) in [5.74, 6) is -0.0699. The van der Waals surface area contributed by atoms with E-state index in [0.29, 0.717) is 6.04 Å². The molecule has 0 spiro atoms. The minimum Gasteiger partial charge on any atom is -0.310 e. The molecule has 1 N–H and O–H groups in total. The van der Waals surface area contributed by atoms with Crippen molar-refractivity contribution in [2.75, 3.05) is 6.54 Å². The lowest BCUT2D eigenvalue weighted by molar-refractivity contribution is 0.492. The van der Waals surface area contributed by atoms with Crippen molar-refractivity contribution in [3.63, 3.8) is 0 Å². The quantitative estimate of drug-likeness (QED) is 0.778. The molecule has 17 heavy (non-hydrogen) atoms. The molecule has 0 aliphatic heterocycles. The molecule has 2 heteroatoms. The summed E-state index contributed by atoms with van der Waals surface area (Å²) >= 11 is 0. The smallest absolute Gasteiger partial charge is 0.129 e. The van der Waals surface area contributed by atoms with E-state index in [4.69, 9.17) is 0 Å². The van der Waals surface area contributed by atoms with E-state index in [9.17, 15) is 4.39 Å². The largest absolute Gasteiger partial charge is 0.310 e. The maximum Gasteiger partial charge on any atom is 0.129 e. The summed E-state index contributed by atoms with van der Waals surface area (Å²) in [5.41, 5.74) is 2.72. The van der Waals surface area contributed by atoms with E-state index in [-0.39, 0.29) is 5.82 Å². The van der Waals surface area contributed by atoms with E-state index >= 15 is 0 Å². The van der Waals surface area contributed by atoms with Crippen LogP contribution in [0.4, 0.5) is 4.39 Å². The van der Waals surface area contributed by atoms with Gasteiger partial charge in [-0.3, -0.25) is 0 Å². The van der Waals surface area contributed by atoms with Crippen molar-refractivity contribution in [1.82, 2.24) is 5.32 Å². The molecule has 0 saturated heterocycles. The molecule has 0 aliphatic rings. The van der Waals surface area contributed by atoms with Crippen molar-refractivity contribution in [3.8, 4) is 0 Å². The number of hydrogen-bond donors (Lipinski definition) is 1. The van der Waals surface area contributed by atoms with Crippen LogP contribution in [0.2, 0.25) is 0 Å². The molecule has 1 aromatic rings. The molecule has 0 aromatic heterocycles. The zero-order chi connectivity index (χ0) is 12.8. The van der Waals surface area contributed by atoms with Crippen LogP contribution in [0.25, 0.3) is 0 Å². The topological polar surface area (TPSA) is 12.0 Å². The monoisotopic (exact) mass is 237 g/mol. The van der Waals surface area contributed by atoms with Gasteiger partial charge in [0.25, 0.3) is 0 Å². The second-order valence-corrected chi connectivity index (χ2v) is 4.72. The van der Waals surface area contributed by atoms with Gasteiger partial charge in [0.05, 0.1) is 0 Å². The Morgan fingerprint density at radius 3 is 2.24 bits per heavy atom. The van der Waals surface area contributed by atoms with Crippen molar-refractivity contribution in [2.45, 2.75) is 53.0 Å². The number of unbranched alkanes of at least 4 members (excludes halogenated alkanes) is 1. The predicted molar refractivity (Wildman–Crippen MR) is 71.8 cm³/mol. The van der Waals surface area contributed by atoms with Gasteiger partial charge in [-0.05, 0) is 43.5 Å². The highest BCUT2D eigenvalue weighted by atomic mass is 19.1. The number of hydrogen-bond acceptors (Lipinski definition) is 1. The lowest BCUT2D eigenvalue weighted by atomic mass is 9.97. The third-order valence-corrected chi connectivity index (χ3v) is 3.16. The second kappa shape index (κ2) is 6.75. The van der Waals surface area contributed by atoms with E-state index in [1.807, 2.05) is 26.0 Å².